The van der Waals surface area contributed by atoms with Gasteiger partial charge < -0.3 is 15.6 Å². The van der Waals surface area contributed by atoms with E-state index in [9.17, 15) is 14.0 Å². The number of rotatable bonds is 5. The zero-order valence-corrected chi connectivity index (χ0v) is 16.9. The normalized spacial score (nSPS) is 18.9. The standard InChI is InChI=1S/C23H25FN4O2/c1-14-5-4-6-17(24)21(14)23(30)26-16-11-9-15(10-12-16)22(29)25-13-20-27-18-7-2-3-8-19(18)28-20/h2-8,15-16H,9-13H2,1H3,(H,25,29)(H,26,30)(H,27,28). The van der Waals surface area contributed by atoms with Gasteiger partial charge in [0.05, 0.1) is 23.1 Å². The number of benzene rings is 2. The Bertz CT molecular complexity index is 1020. The molecule has 0 unspecified atom stereocenters. The Kier molecular flexibility index (Phi) is 5.79. The van der Waals surface area contributed by atoms with Crippen LogP contribution in [0.5, 0.6) is 0 Å². The average molecular weight is 408 g/mol. The number of aryl methyl sites for hydroxylation is 1. The van der Waals surface area contributed by atoms with E-state index >= 15 is 0 Å². The van der Waals surface area contributed by atoms with Gasteiger partial charge in [0.1, 0.15) is 11.6 Å². The number of fused-ring (bicyclic) bond motifs is 1. The van der Waals surface area contributed by atoms with E-state index in [1.54, 1.807) is 19.1 Å². The average Bonchev–Trinajstić information content (AvgIpc) is 3.15. The summed E-state index contributed by atoms with van der Waals surface area (Å²) in [5.41, 5.74) is 2.54. The van der Waals surface area contributed by atoms with Gasteiger partial charge in [-0.15, -0.1) is 0 Å². The molecule has 156 valence electrons. The van der Waals surface area contributed by atoms with E-state index in [-0.39, 0.29) is 29.3 Å². The summed E-state index contributed by atoms with van der Waals surface area (Å²) in [4.78, 5) is 32.7. The second-order valence-corrected chi connectivity index (χ2v) is 7.87. The summed E-state index contributed by atoms with van der Waals surface area (Å²) < 4.78 is 14.0. The molecule has 2 aromatic carbocycles. The summed E-state index contributed by atoms with van der Waals surface area (Å²) in [6.45, 7) is 2.08. The van der Waals surface area contributed by atoms with Crippen LogP contribution >= 0.6 is 0 Å². The third kappa shape index (κ3) is 4.35. The van der Waals surface area contributed by atoms with Crippen molar-refractivity contribution >= 4 is 22.8 Å². The number of carbonyl (C=O) groups excluding carboxylic acids is 2. The first kappa shape index (κ1) is 20.1. The van der Waals surface area contributed by atoms with E-state index < -0.39 is 5.82 Å². The molecule has 4 rings (SSSR count). The first-order valence-electron chi connectivity index (χ1n) is 10.3. The largest absolute Gasteiger partial charge is 0.349 e. The van der Waals surface area contributed by atoms with Crippen LogP contribution in [-0.2, 0) is 11.3 Å². The minimum atomic E-state index is -0.508. The second-order valence-electron chi connectivity index (χ2n) is 7.87. The van der Waals surface area contributed by atoms with Crippen molar-refractivity contribution in [1.29, 1.82) is 0 Å². The zero-order valence-electron chi connectivity index (χ0n) is 16.9. The number of para-hydroxylation sites is 2. The number of H-pyrrole nitrogens is 1. The second kappa shape index (κ2) is 8.65. The molecule has 0 saturated heterocycles. The molecule has 3 N–H and O–H groups in total. The SMILES string of the molecule is Cc1cccc(F)c1C(=O)NC1CCC(C(=O)NCc2nc3ccccc3[nH]2)CC1. The Balaban J connectivity index is 1.26. The molecule has 0 radical (unpaired) electrons. The summed E-state index contributed by atoms with van der Waals surface area (Å²) in [5.74, 6) is -0.247. The summed E-state index contributed by atoms with van der Waals surface area (Å²) in [7, 11) is 0. The van der Waals surface area contributed by atoms with E-state index in [0.29, 0.717) is 37.8 Å². The molecule has 2 amide bonds. The molecule has 3 aromatic rings. The minimum Gasteiger partial charge on any atom is -0.349 e. The molecule has 6 nitrogen and oxygen atoms in total. The lowest BCUT2D eigenvalue weighted by Crippen LogP contribution is -2.41. The van der Waals surface area contributed by atoms with E-state index in [2.05, 4.69) is 20.6 Å². The number of nitrogens with one attached hydrogen (secondary N) is 3. The van der Waals surface area contributed by atoms with E-state index in [1.165, 1.54) is 6.07 Å². The maximum absolute atomic E-state index is 14.0. The summed E-state index contributed by atoms with van der Waals surface area (Å²) in [6.07, 6.45) is 2.77. The lowest BCUT2D eigenvalue weighted by molar-refractivity contribution is -0.126. The van der Waals surface area contributed by atoms with E-state index in [4.69, 9.17) is 0 Å². The molecule has 1 saturated carbocycles. The molecule has 0 aliphatic heterocycles. The van der Waals surface area contributed by atoms with Gasteiger partial charge >= 0.3 is 0 Å². The monoisotopic (exact) mass is 408 g/mol. The van der Waals surface area contributed by atoms with Crippen molar-refractivity contribution in [3.05, 3.63) is 65.2 Å². The van der Waals surface area contributed by atoms with Gasteiger partial charge in [0.15, 0.2) is 0 Å². The van der Waals surface area contributed by atoms with Crippen molar-refractivity contribution < 1.29 is 14.0 Å². The third-order valence-corrected chi connectivity index (χ3v) is 5.75. The number of aromatic nitrogens is 2. The maximum Gasteiger partial charge on any atom is 0.254 e. The highest BCUT2D eigenvalue weighted by atomic mass is 19.1. The number of aromatic amines is 1. The number of carbonyl (C=O) groups is 2. The van der Waals surface area contributed by atoms with Gasteiger partial charge in [0.25, 0.3) is 5.91 Å². The van der Waals surface area contributed by atoms with Crippen LogP contribution in [0, 0.1) is 18.7 Å². The van der Waals surface area contributed by atoms with Gasteiger partial charge in [0.2, 0.25) is 5.91 Å². The molecule has 7 heteroatoms. The summed E-state index contributed by atoms with van der Waals surface area (Å²) in [6, 6.07) is 12.3. The van der Waals surface area contributed by atoms with Crippen molar-refractivity contribution in [2.45, 2.75) is 45.2 Å². The van der Waals surface area contributed by atoms with Crippen LogP contribution in [-0.4, -0.2) is 27.8 Å². The van der Waals surface area contributed by atoms with Crippen LogP contribution in [0.2, 0.25) is 0 Å². The number of halogens is 1. The number of imidazole rings is 1. The molecule has 1 heterocycles. The fourth-order valence-electron chi connectivity index (χ4n) is 4.08. The van der Waals surface area contributed by atoms with E-state index in [0.717, 1.165) is 16.9 Å². The lowest BCUT2D eigenvalue weighted by atomic mass is 9.85. The molecule has 1 aliphatic rings. The molecule has 0 atom stereocenters. The van der Waals surface area contributed by atoms with Gasteiger partial charge in [-0.25, -0.2) is 9.37 Å². The van der Waals surface area contributed by atoms with Gasteiger partial charge in [0, 0.05) is 12.0 Å². The predicted octanol–water partition coefficient (Wildman–Crippen LogP) is 3.62. The molecule has 1 aromatic heterocycles. The quantitative estimate of drug-likeness (QED) is 0.603. The Morgan fingerprint density at radius 1 is 1.10 bits per heavy atom. The highest BCUT2D eigenvalue weighted by Gasteiger charge is 2.28. The van der Waals surface area contributed by atoms with Crippen molar-refractivity contribution in [3.8, 4) is 0 Å². The Hall–Kier alpha value is -3.22. The van der Waals surface area contributed by atoms with Crippen LogP contribution < -0.4 is 10.6 Å². The van der Waals surface area contributed by atoms with Gasteiger partial charge in [-0.05, 0) is 56.4 Å². The topological polar surface area (TPSA) is 86.9 Å². The number of hydrogen-bond acceptors (Lipinski definition) is 3. The summed E-state index contributed by atoms with van der Waals surface area (Å²) in [5, 5.41) is 5.88. The fraction of sp³-hybridized carbons (Fsp3) is 0.348. The fourth-order valence-corrected chi connectivity index (χ4v) is 4.08. The lowest BCUT2D eigenvalue weighted by Gasteiger charge is -2.28. The third-order valence-electron chi connectivity index (χ3n) is 5.75. The zero-order chi connectivity index (χ0) is 21.1. The smallest absolute Gasteiger partial charge is 0.254 e. The molecule has 0 spiro atoms. The summed E-state index contributed by atoms with van der Waals surface area (Å²) >= 11 is 0. The van der Waals surface area contributed by atoms with Crippen LogP contribution in [0.3, 0.4) is 0 Å². The molecule has 1 aliphatic carbocycles. The van der Waals surface area contributed by atoms with Crippen LogP contribution in [0.1, 0.15) is 47.4 Å². The Labute approximate surface area is 174 Å². The molecule has 0 bridgehead atoms. The minimum absolute atomic E-state index is 0.00480. The first-order valence-corrected chi connectivity index (χ1v) is 10.3. The molecule has 30 heavy (non-hydrogen) atoms. The highest BCUT2D eigenvalue weighted by molar-refractivity contribution is 5.96. The van der Waals surface area contributed by atoms with Crippen molar-refractivity contribution in [2.24, 2.45) is 5.92 Å². The molecular weight excluding hydrogens is 383 g/mol. The van der Waals surface area contributed by atoms with Gasteiger partial charge in [-0.1, -0.05) is 24.3 Å². The van der Waals surface area contributed by atoms with Crippen LogP contribution in [0.4, 0.5) is 4.39 Å². The van der Waals surface area contributed by atoms with Crippen LogP contribution in [0.15, 0.2) is 42.5 Å². The first-order chi connectivity index (χ1) is 14.5. The van der Waals surface area contributed by atoms with Crippen molar-refractivity contribution in [2.75, 3.05) is 0 Å². The van der Waals surface area contributed by atoms with Gasteiger partial charge in [-0.3, -0.25) is 9.59 Å². The Morgan fingerprint density at radius 2 is 1.87 bits per heavy atom. The number of hydrogen-bond donors (Lipinski definition) is 3. The molecule has 1 fully saturated rings. The van der Waals surface area contributed by atoms with Crippen LogP contribution in [0.25, 0.3) is 11.0 Å². The highest BCUT2D eigenvalue weighted by Crippen LogP contribution is 2.25. The number of amides is 2. The number of nitrogens with zero attached hydrogens (tertiary/aromatic N) is 1. The predicted molar refractivity (Wildman–Crippen MR) is 112 cm³/mol. The Morgan fingerprint density at radius 3 is 2.60 bits per heavy atom. The van der Waals surface area contributed by atoms with Crippen molar-refractivity contribution in [1.82, 2.24) is 20.6 Å². The van der Waals surface area contributed by atoms with E-state index in [1.807, 2.05) is 24.3 Å². The maximum atomic E-state index is 14.0. The van der Waals surface area contributed by atoms with Gasteiger partial charge in [-0.2, -0.15) is 0 Å². The molecular formula is C23H25FN4O2. The van der Waals surface area contributed by atoms with Crippen molar-refractivity contribution in [3.63, 3.8) is 0 Å².